The molecule has 5 nitrogen and oxygen atoms in total. The number of nitrogens with zero attached hydrogens (tertiary/aromatic N) is 1. The monoisotopic (exact) mass is 252 g/mol. The minimum Gasteiger partial charge on any atom is -0.360 e. The van der Waals surface area contributed by atoms with Gasteiger partial charge < -0.3 is 10.1 Å². The van der Waals surface area contributed by atoms with Crippen LogP contribution in [-0.4, -0.2) is 47.6 Å². The molecule has 3 aliphatic rings. The molecule has 0 aliphatic carbocycles. The Bertz CT molecular complexity index is 411. The van der Waals surface area contributed by atoms with E-state index in [0.717, 1.165) is 13.0 Å². The van der Waals surface area contributed by atoms with Crippen molar-refractivity contribution in [3.63, 3.8) is 0 Å². The van der Waals surface area contributed by atoms with E-state index in [1.54, 1.807) is 0 Å². The first-order chi connectivity index (χ1) is 8.48. The highest BCUT2D eigenvalue weighted by Gasteiger charge is 2.64. The van der Waals surface area contributed by atoms with Gasteiger partial charge in [-0.05, 0) is 32.7 Å². The van der Waals surface area contributed by atoms with Crippen LogP contribution in [0.25, 0.3) is 0 Å². The number of imide groups is 1. The lowest BCUT2D eigenvalue weighted by Crippen LogP contribution is -2.57. The molecule has 3 rings (SSSR count). The number of carbonyl (C=O) groups excluding carboxylic acids is 2. The summed E-state index contributed by atoms with van der Waals surface area (Å²) in [4.78, 5) is 25.8. The number of hydrogen-bond donors (Lipinski definition) is 1. The summed E-state index contributed by atoms with van der Waals surface area (Å²) in [7, 11) is 0. The van der Waals surface area contributed by atoms with E-state index in [1.807, 2.05) is 13.8 Å². The van der Waals surface area contributed by atoms with Gasteiger partial charge in [-0.15, -0.1) is 0 Å². The molecule has 0 bridgehead atoms. The van der Waals surface area contributed by atoms with Crippen molar-refractivity contribution in [3.05, 3.63) is 0 Å². The van der Waals surface area contributed by atoms with Crippen LogP contribution in [0, 0.1) is 11.8 Å². The molecule has 18 heavy (non-hydrogen) atoms. The molecule has 3 aliphatic heterocycles. The van der Waals surface area contributed by atoms with Gasteiger partial charge >= 0.3 is 0 Å². The maximum Gasteiger partial charge on any atom is 0.259 e. The van der Waals surface area contributed by atoms with Crippen LogP contribution in [0.15, 0.2) is 0 Å². The topological polar surface area (TPSA) is 58.6 Å². The molecular weight excluding hydrogens is 232 g/mol. The summed E-state index contributed by atoms with van der Waals surface area (Å²) in [6.07, 6.45) is 0.343. The Morgan fingerprint density at radius 1 is 1.44 bits per heavy atom. The third-order valence-corrected chi connectivity index (χ3v) is 4.56. The quantitative estimate of drug-likeness (QED) is 0.675. The Balaban J connectivity index is 1.93. The summed E-state index contributed by atoms with van der Waals surface area (Å²) in [5.74, 6) is -0.0339. The summed E-state index contributed by atoms with van der Waals surface area (Å²) in [5, 5.41) is 3.41. The number of likely N-dealkylation sites (N-methyl/N-ethyl adjacent to an activating group) is 1. The van der Waals surface area contributed by atoms with E-state index in [2.05, 4.69) is 12.2 Å². The van der Waals surface area contributed by atoms with Gasteiger partial charge in [-0.25, -0.2) is 0 Å². The summed E-state index contributed by atoms with van der Waals surface area (Å²) >= 11 is 0. The Morgan fingerprint density at radius 3 is 2.83 bits per heavy atom. The van der Waals surface area contributed by atoms with Gasteiger partial charge in [0, 0.05) is 6.54 Å². The molecule has 1 unspecified atom stereocenters. The molecule has 5 atom stereocenters. The first kappa shape index (κ1) is 12.1. The Morgan fingerprint density at radius 2 is 2.17 bits per heavy atom. The summed E-state index contributed by atoms with van der Waals surface area (Å²) < 4.78 is 5.99. The second-order valence-electron chi connectivity index (χ2n) is 5.99. The number of likely N-dealkylation sites (tertiary alicyclic amines) is 1. The molecule has 2 amide bonds. The van der Waals surface area contributed by atoms with E-state index < -0.39 is 6.10 Å². The lowest BCUT2D eigenvalue weighted by Gasteiger charge is -2.40. The van der Waals surface area contributed by atoms with Crippen LogP contribution >= 0.6 is 0 Å². The van der Waals surface area contributed by atoms with Crippen molar-refractivity contribution in [2.24, 2.45) is 11.8 Å². The second kappa shape index (κ2) is 3.78. The number of nitrogens with one attached hydrogen (secondary N) is 1. The molecule has 100 valence electrons. The van der Waals surface area contributed by atoms with Crippen LogP contribution in [0.1, 0.15) is 27.2 Å². The maximum absolute atomic E-state index is 12.3. The first-order valence-electron chi connectivity index (χ1n) is 6.74. The van der Waals surface area contributed by atoms with Crippen molar-refractivity contribution >= 4 is 11.8 Å². The predicted molar refractivity (Wildman–Crippen MR) is 64.7 cm³/mol. The number of hydrogen-bond acceptors (Lipinski definition) is 4. The van der Waals surface area contributed by atoms with Crippen molar-refractivity contribution in [2.45, 2.75) is 44.9 Å². The zero-order valence-corrected chi connectivity index (χ0v) is 11.1. The van der Waals surface area contributed by atoms with Crippen LogP contribution < -0.4 is 5.32 Å². The molecule has 1 N–H and O–H groups in total. The number of fused-ring (bicyclic) bond motifs is 3. The van der Waals surface area contributed by atoms with E-state index in [1.165, 1.54) is 4.90 Å². The third kappa shape index (κ3) is 1.40. The molecule has 0 saturated carbocycles. The lowest BCUT2D eigenvalue weighted by molar-refractivity contribution is -0.149. The van der Waals surface area contributed by atoms with Crippen LogP contribution in [0.4, 0.5) is 0 Å². The van der Waals surface area contributed by atoms with E-state index in [4.69, 9.17) is 4.74 Å². The Kier molecular flexibility index (Phi) is 2.54. The number of carbonyl (C=O) groups is 2. The van der Waals surface area contributed by atoms with Gasteiger partial charge in [-0.3, -0.25) is 14.5 Å². The number of amides is 2. The average Bonchev–Trinajstić information content (AvgIpc) is 2.71. The highest BCUT2D eigenvalue weighted by Crippen LogP contribution is 2.45. The Labute approximate surface area is 107 Å². The van der Waals surface area contributed by atoms with Crippen LogP contribution in [0.2, 0.25) is 0 Å². The number of ether oxygens (including phenoxy) is 1. The minimum atomic E-state index is -0.565. The number of rotatable bonds is 1. The smallest absolute Gasteiger partial charge is 0.259 e. The molecule has 0 aromatic carbocycles. The summed E-state index contributed by atoms with van der Waals surface area (Å²) in [5.41, 5.74) is -0.377. The molecular formula is C13H20N2O3. The van der Waals surface area contributed by atoms with Gasteiger partial charge in [0.15, 0.2) is 6.10 Å². The normalized spacial score (nSPS) is 47.4. The zero-order chi connectivity index (χ0) is 13.1. The summed E-state index contributed by atoms with van der Waals surface area (Å²) in [6.45, 7) is 7.34. The summed E-state index contributed by atoms with van der Waals surface area (Å²) in [6, 6.07) is -0.0216. The standard InChI is InChI=1S/C13H20N2O3/c1-4-15-11(16)8-9(12(15)17)18-13(3)5-7(2)6-14-10(8)13/h7-10,14H,4-6H2,1-3H3/t7-,8?,9-,10-,13-/m0/s1. The largest absolute Gasteiger partial charge is 0.360 e. The highest BCUT2D eigenvalue weighted by atomic mass is 16.5. The van der Waals surface area contributed by atoms with Crippen LogP contribution in [0.3, 0.4) is 0 Å². The lowest BCUT2D eigenvalue weighted by atomic mass is 9.78. The van der Waals surface area contributed by atoms with Gasteiger partial charge in [0.05, 0.1) is 17.6 Å². The van der Waals surface area contributed by atoms with Crippen molar-refractivity contribution in [1.82, 2.24) is 10.2 Å². The molecule has 0 aromatic heterocycles. The second-order valence-corrected chi connectivity index (χ2v) is 5.99. The molecule has 3 fully saturated rings. The van der Waals surface area contributed by atoms with Gasteiger partial charge in [-0.1, -0.05) is 6.92 Å². The zero-order valence-electron chi connectivity index (χ0n) is 11.1. The van der Waals surface area contributed by atoms with E-state index in [0.29, 0.717) is 12.5 Å². The molecule has 0 spiro atoms. The fraction of sp³-hybridized carbons (Fsp3) is 0.846. The average molecular weight is 252 g/mol. The molecule has 3 saturated heterocycles. The molecule has 0 aromatic rings. The first-order valence-corrected chi connectivity index (χ1v) is 6.74. The van der Waals surface area contributed by atoms with Crippen molar-refractivity contribution < 1.29 is 14.3 Å². The molecule has 5 heteroatoms. The van der Waals surface area contributed by atoms with Gasteiger partial charge in [-0.2, -0.15) is 0 Å². The van der Waals surface area contributed by atoms with Crippen molar-refractivity contribution in [1.29, 1.82) is 0 Å². The van der Waals surface area contributed by atoms with Crippen molar-refractivity contribution in [2.75, 3.05) is 13.1 Å². The van der Waals surface area contributed by atoms with E-state index in [9.17, 15) is 9.59 Å². The fourth-order valence-corrected chi connectivity index (χ4v) is 3.83. The highest BCUT2D eigenvalue weighted by molar-refractivity contribution is 6.07. The predicted octanol–water partition coefficient (Wildman–Crippen LogP) is 0.147. The van der Waals surface area contributed by atoms with Gasteiger partial charge in [0.2, 0.25) is 5.91 Å². The van der Waals surface area contributed by atoms with Crippen LogP contribution in [-0.2, 0) is 14.3 Å². The third-order valence-electron chi connectivity index (χ3n) is 4.56. The van der Waals surface area contributed by atoms with Crippen molar-refractivity contribution in [3.8, 4) is 0 Å². The minimum absolute atomic E-state index is 0.0216. The van der Waals surface area contributed by atoms with Crippen LogP contribution in [0.5, 0.6) is 0 Å². The van der Waals surface area contributed by atoms with E-state index >= 15 is 0 Å². The van der Waals surface area contributed by atoms with Gasteiger partial charge in [0.1, 0.15) is 0 Å². The molecule has 3 heterocycles. The molecule has 0 radical (unpaired) electrons. The van der Waals surface area contributed by atoms with E-state index in [-0.39, 0.29) is 29.4 Å². The maximum atomic E-state index is 12.3. The Hall–Kier alpha value is -0.940. The SMILES string of the molecule is CCN1C(=O)C2[C@H](O[C@@]3(C)C[C@H](C)CN[C@@H]23)C1=O. The van der Waals surface area contributed by atoms with Gasteiger partial charge in [0.25, 0.3) is 5.91 Å². The fourth-order valence-electron chi connectivity index (χ4n) is 3.83. The number of piperidine rings is 1.